The summed E-state index contributed by atoms with van der Waals surface area (Å²) in [5.74, 6) is 2.50. The van der Waals surface area contributed by atoms with Crippen molar-refractivity contribution in [3.05, 3.63) is 65.9 Å². The molecule has 0 aliphatic carbocycles. The summed E-state index contributed by atoms with van der Waals surface area (Å²) in [6.45, 7) is 7.85. The van der Waals surface area contributed by atoms with E-state index >= 15 is 0 Å². The lowest BCUT2D eigenvalue weighted by molar-refractivity contribution is 0.415. The Morgan fingerprint density at radius 3 is 2.14 bits per heavy atom. The maximum Gasteiger partial charge on any atom is 0.229 e. The van der Waals surface area contributed by atoms with Crippen LogP contribution in [0.5, 0.6) is 5.75 Å². The molecule has 0 saturated carbocycles. The van der Waals surface area contributed by atoms with Crippen LogP contribution >= 0.6 is 0 Å². The molecule has 1 N–H and O–H groups in total. The highest BCUT2D eigenvalue weighted by Gasteiger charge is 2.19. The Bertz CT molecular complexity index is 948. The third-order valence-corrected chi connectivity index (χ3v) is 5.19. The molecule has 150 valence electrons. The van der Waals surface area contributed by atoms with Gasteiger partial charge in [0.15, 0.2) is 0 Å². The summed E-state index contributed by atoms with van der Waals surface area (Å²) in [6, 6.07) is 18.6. The first-order valence-electron chi connectivity index (χ1n) is 9.94. The van der Waals surface area contributed by atoms with E-state index in [1.54, 1.807) is 7.11 Å². The quantitative estimate of drug-likeness (QED) is 0.707. The molecule has 3 aromatic rings. The number of nitrogens with one attached hydrogen (secondary N) is 1. The van der Waals surface area contributed by atoms with Gasteiger partial charge in [0, 0.05) is 49.3 Å². The van der Waals surface area contributed by atoms with E-state index in [1.807, 2.05) is 31.2 Å². The number of hydrogen-bond donors (Lipinski definition) is 1. The first kappa shape index (κ1) is 19.1. The van der Waals surface area contributed by atoms with Gasteiger partial charge in [0.2, 0.25) is 5.95 Å². The van der Waals surface area contributed by atoms with E-state index in [0.717, 1.165) is 49.1 Å². The van der Waals surface area contributed by atoms with Gasteiger partial charge < -0.3 is 19.9 Å². The number of ether oxygens (including phenoxy) is 1. The summed E-state index contributed by atoms with van der Waals surface area (Å²) in [4.78, 5) is 14.0. The number of methoxy groups -OCH3 is 1. The number of rotatable bonds is 5. The Morgan fingerprint density at radius 2 is 1.48 bits per heavy atom. The zero-order valence-corrected chi connectivity index (χ0v) is 17.2. The molecule has 0 unspecified atom stereocenters. The van der Waals surface area contributed by atoms with Gasteiger partial charge in [-0.3, -0.25) is 0 Å². The molecule has 1 aromatic heterocycles. The van der Waals surface area contributed by atoms with Gasteiger partial charge in [0.05, 0.1) is 7.11 Å². The minimum absolute atomic E-state index is 0.640. The highest BCUT2D eigenvalue weighted by Crippen LogP contribution is 2.23. The summed E-state index contributed by atoms with van der Waals surface area (Å²) in [5, 5.41) is 3.33. The minimum Gasteiger partial charge on any atom is -0.497 e. The van der Waals surface area contributed by atoms with Gasteiger partial charge in [-0.1, -0.05) is 17.7 Å². The summed E-state index contributed by atoms with van der Waals surface area (Å²) in [6.07, 6.45) is 0. The third-order valence-electron chi connectivity index (χ3n) is 5.19. The molecular weight excluding hydrogens is 362 g/mol. The molecule has 1 fully saturated rings. The van der Waals surface area contributed by atoms with Gasteiger partial charge in [0.25, 0.3) is 0 Å². The van der Waals surface area contributed by atoms with Crippen LogP contribution in [0.4, 0.5) is 23.1 Å². The smallest absolute Gasteiger partial charge is 0.229 e. The van der Waals surface area contributed by atoms with Gasteiger partial charge >= 0.3 is 0 Å². The molecule has 0 radical (unpaired) electrons. The number of benzene rings is 2. The highest BCUT2D eigenvalue weighted by atomic mass is 16.5. The molecule has 0 atom stereocenters. The van der Waals surface area contributed by atoms with Crippen molar-refractivity contribution in [3.8, 4) is 5.75 Å². The number of piperazine rings is 1. The number of anilines is 4. The average Bonchev–Trinajstić information content (AvgIpc) is 2.75. The van der Waals surface area contributed by atoms with Crippen molar-refractivity contribution in [2.75, 3.05) is 48.4 Å². The molecule has 6 nitrogen and oxygen atoms in total. The maximum atomic E-state index is 5.26. The van der Waals surface area contributed by atoms with Gasteiger partial charge in [-0.05, 0) is 50.2 Å². The number of aromatic nitrogens is 2. The number of aryl methyl sites for hydroxylation is 2. The van der Waals surface area contributed by atoms with Crippen LogP contribution in [-0.4, -0.2) is 43.3 Å². The van der Waals surface area contributed by atoms with E-state index in [2.05, 4.69) is 57.4 Å². The monoisotopic (exact) mass is 389 g/mol. The van der Waals surface area contributed by atoms with E-state index in [4.69, 9.17) is 9.72 Å². The van der Waals surface area contributed by atoms with Crippen LogP contribution in [-0.2, 0) is 0 Å². The van der Waals surface area contributed by atoms with Crippen molar-refractivity contribution in [2.24, 2.45) is 0 Å². The van der Waals surface area contributed by atoms with Crippen molar-refractivity contribution in [1.29, 1.82) is 0 Å². The standard InChI is InChI=1S/C23H27N5O/c1-17-4-6-19(7-5-17)25-23-24-18(2)16-22(26-23)28-14-12-27(13-15-28)20-8-10-21(29-3)11-9-20/h4-11,16H,12-15H2,1-3H3,(H,24,25,26). The van der Waals surface area contributed by atoms with E-state index in [-0.39, 0.29) is 0 Å². The van der Waals surface area contributed by atoms with Crippen LogP contribution in [0.15, 0.2) is 54.6 Å². The molecule has 1 aliphatic rings. The lowest BCUT2D eigenvalue weighted by Crippen LogP contribution is -2.46. The van der Waals surface area contributed by atoms with Crippen LogP contribution in [0.3, 0.4) is 0 Å². The zero-order chi connectivity index (χ0) is 20.2. The fraction of sp³-hybridized carbons (Fsp3) is 0.304. The predicted molar refractivity (Wildman–Crippen MR) is 119 cm³/mol. The number of hydrogen-bond acceptors (Lipinski definition) is 6. The third kappa shape index (κ3) is 4.59. The molecular formula is C23H27N5O. The van der Waals surface area contributed by atoms with Crippen molar-refractivity contribution in [3.63, 3.8) is 0 Å². The second kappa shape index (κ2) is 8.39. The molecule has 4 rings (SSSR count). The summed E-state index contributed by atoms with van der Waals surface area (Å²) >= 11 is 0. The van der Waals surface area contributed by atoms with Crippen molar-refractivity contribution in [1.82, 2.24) is 9.97 Å². The Balaban J connectivity index is 1.43. The van der Waals surface area contributed by atoms with E-state index in [1.165, 1.54) is 11.3 Å². The van der Waals surface area contributed by atoms with E-state index in [0.29, 0.717) is 5.95 Å². The van der Waals surface area contributed by atoms with Gasteiger partial charge in [-0.25, -0.2) is 4.98 Å². The normalized spacial score (nSPS) is 14.0. The van der Waals surface area contributed by atoms with Crippen molar-refractivity contribution < 1.29 is 4.74 Å². The SMILES string of the molecule is COc1ccc(N2CCN(c3cc(C)nc(Nc4ccc(C)cc4)n3)CC2)cc1. The first-order chi connectivity index (χ1) is 14.1. The number of nitrogens with zero attached hydrogens (tertiary/aromatic N) is 4. The molecule has 29 heavy (non-hydrogen) atoms. The Morgan fingerprint density at radius 1 is 0.828 bits per heavy atom. The Kier molecular flexibility index (Phi) is 5.51. The molecule has 6 heteroatoms. The van der Waals surface area contributed by atoms with Crippen molar-refractivity contribution in [2.45, 2.75) is 13.8 Å². The minimum atomic E-state index is 0.640. The van der Waals surface area contributed by atoms with Crippen LogP contribution in [0.1, 0.15) is 11.3 Å². The van der Waals surface area contributed by atoms with Crippen LogP contribution < -0.4 is 19.9 Å². The van der Waals surface area contributed by atoms with Crippen LogP contribution in [0.2, 0.25) is 0 Å². The molecule has 1 aliphatic heterocycles. The molecule has 0 bridgehead atoms. The Hall–Kier alpha value is -3.28. The lowest BCUT2D eigenvalue weighted by atomic mass is 10.2. The zero-order valence-electron chi connectivity index (χ0n) is 17.2. The molecule has 0 amide bonds. The van der Waals surface area contributed by atoms with Gasteiger partial charge in [-0.2, -0.15) is 4.98 Å². The van der Waals surface area contributed by atoms with E-state index < -0.39 is 0 Å². The summed E-state index contributed by atoms with van der Waals surface area (Å²) in [7, 11) is 1.69. The van der Waals surface area contributed by atoms with Crippen molar-refractivity contribution >= 4 is 23.1 Å². The molecule has 0 spiro atoms. The van der Waals surface area contributed by atoms with Gasteiger partial charge in [-0.15, -0.1) is 0 Å². The molecule has 2 aromatic carbocycles. The molecule has 2 heterocycles. The largest absolute Gasteiger partial charge is 0.497 e. The second-order valence-electron chi connectivity index (χ2n) is 7.35. The first-order valence-corrected chi connectivity index (χ1v) is 9.94. The van der Waals surface area contributed by atoms with Crippen LogP contribution in [0, 0.1) is 13.8 Å². The fourth-order valence-corrected chi connectivity index (χ4v) is 3.52. The molecule has 1 saturated heterocycles. The lowest BCUT2D eigenvalue weighted by Gasteiger charge is -2.37. The van der Waals surface area contributed by atoms with E-state index in [9.17, 15) is 0 Å². The second-order valence-corrected chi connectivity index (χ2v) is 7.35. The Labute approximate surface area is 172 Å². The highest BCUT2D eigenvalue weighted by molar-refractivity contribution is 5.57. The summed E-state index contributed by atoms with van der Waals surface area (Å²) in [5.41, 5.74) is 4.42. The maximum absolute atomic E-state index is 5.26. The average molecular weight is 390 g/mol. The predicted octanol–water partition coefficient (Wildman–Crippen LogP) is 4.17. The summed E-state index contributed by atoms with van der Waals surface area (Å²) < 4.78 is 5.26. The van der Waals surface area contributed by atoms with Crippen LogP contribution in [0.25, 0.3) is 0 Å². The van der Waals surface area contributed by atoms with Gasteiger partial charge in [0.1, 0.15) is 11.6 Å². The topological polar surface area (TPSA) is 53.5 Å². The fourth-order valence-electron chi connectivity index (χ4n) is 3.52.